The van der Waals surface area contributed by atoms with Gasteiger partial charge in [0.05, 0.1) is 32.3 Å². The molecule has 1 unspecified atom stereocenters. The number of pyridine rings is 1. The van der Waals surface area contributed by atoms with Crippen LogP contribution in [0.25, 0.3) is 10.8 Å². The predicted molar refractivity (Wildman–Crippen MR) is 114 cm³/mol. The van der Waals surface area contributed by atoms with Crippen molar-refractivity contribution in [2.75, 3.05) is 32.9 Å². The summed E-state index contributed by atoms with van der Waals surface area (Å²) < 4.78 is 10.8. The molecule has 0 bridgehead atoms. The van der Waals surface area contributed by atoms with Crippen molar-refractivity contribution in [3.8, 4) is 5.75 Å². The first-order chi connectivity index (χ1) is 14.7. The van der Waals surface area contributed by atoms with E-state index in [4.69, 9.17) is 9.47 Å². The van der Waals surface area contributed by atoms with E-state index in [-0.39, 0.29) is 24.2 Å². The fourth-order valence-corrected chi connectivity index (χ4v) is 4.16. The average molecular weight is 406 g/mol. The van der Waals surface area contributed by atoms with Gasteiger partial charge in [-0.05, 0) is 41.6 Å². The standard InChI is InChI=1S/C24H26N2O4/c1-2-30-21(27)16-19-15-18-5-3-4-6-20(18)24(28)22(19)23(17-7-9-25-10-8-17)26-11-13-29-14-12-26/h3-10,15,23,28H,2,11-14,16H2,1H3. The fraction of sp³-hybridized carbons (Fsp3) is 0.333. The molecule has 156 valence electrons. The molecular formula is C24H26N2O4. The van der Waals surface area contributed by atoms with Crippen LogP contribution in [0, 0.1) is 0 Å². The molecule has 0 radical (unpaired) electrons. The first-order valence-corrected chi connectivity index (χ1v) is 10.3. The quantitative estimate of drug-likeness (QED) is 0.632. The van der Waals surface area contributed by atoms with Crippen molar-refractivity contribution in [2.45, 2.75) is 19.4 Å². The smallest absolute Gasteiger partial charge is 0.310 e. The first kappa shape index (κ1) is 20.3. The Morgan fingerprint density at radius 1 is 1.20 bits per heavy atom. The fourth-order valence-electron chi connectivity index (χ4n) is 4.16. The van der Waals surface area contributed by atoms with Crippen molar-refractivity contribution in [1.82, 2.24) is 9.88 Å². The summed E-state index contributed by atoms with van der Waals surface area (Å²) in [6, 6.07) is 13.4. The third kappa shape index (κ3) is 4.15. The molecule has 30 heavy (non-hydrogen) atoms. The molecule has 1 saturated heterocycles. The van der Waals surface area contributed by atoms with Crippen LogP contribution < -0.4 is 0 Å². The van der Waals surface area contributed by atoms with Gasteiger partial charge in [-0.15, -0.1) is 0 Å². The van der Waals surface area contributed by atoms with E-state index in [1.54, 1.807) is 19.3 Å². The van der Waals surface area contributed by atoms with Gasteiger partial charge in [0.1, 0.15) is 5.75 Å². The average Bonchev–Trinajstić information content (AvgIpc) is 2.78. The third-order valence-electron chi connectivity index (χ3n) is 5.49. The number of morpholine rings is 1. The molecule has 3 aromatic rings. The first-order valence-electron chi connectivity index (χ1n) is 10.3. The Bertz CT molecular complexity index is 1020. The van der Waals surface area contributed by atoms with Gasteiger partial charge in [-0.1, -0.05) is 24.3 Å². The number of aromatic nitrogens is 1. The number of benzene rings is 2. The number of carbonyl (C=O) groups is 1. The van der Waals surface area contributed by atoms with Crippen LogP contribution in [0.15, 0.2) is 54.9 Å². The number of phenolic OH excluding ortho intramolecular Hbond substituents is 1. The lowest BCUT2D eigenvalue weighted by Gasteiger charge is -2.36. The molecular weight excluding hydrogens is 380 g/mol. The molecule has 0 amide bonds. The highest BCUT2D eigenvalue weighted by molar-refractivity contribution is 5.91. The third-order valence-corrected chi connectivity index (χ3v) is 5.49. The summed E-state index contributed by atoms with van der Waals surface area (Å²) in [6.45, 7) is 4.84. The lowest BCUT2D eigenvalue weighted by atomic mass is 9.88. The molecule has 1 fully saturated rings. The molecule has 1 N–H and O–H groups in total. The Morgan fingerprint density at radius 2 is 1.93 bits per heavy atom. The maximum Gasteiger partial charge on any atom is 0.310 e. The topological polar surface area (TPSA) is 71.9 Å². The van der Waals surface area contributed by atoms with E-state index in [0.29, 0.717) is 19.8 Å². The Labute approximate surface area is 176 Å². The van der Waals surface area contributed by atoms with Crippen molar-refractivity contribution < 1.29 is 19.4 Å². The van der Waals surface area contributed by atoms with E-state index in [1.165, 1.54) is 0 Å². The van der Waals surface area contributed by atoms with Crippen LogP contribution in [-0.2, 0) is 20.7 Å². The summed E-state index contributed by atoms with van der Waals surface area (Å²) in [4.78, 5) is 18.8. The van der Waals surface area contributed by atoms with E-state index < -0.39 is 0 Å². The lowest BCUT2D eigenvalue weighted by molar-refractivity contribution is -0.142. The predicted octanol–water partition coefficient (Wildman–Crippen LogP) is 3.47. The Hall–Kier alpha value is -2.96. The number of ether oxygens (including phenoxy) is 2. The number of fused-ring (bicyclic) bond motifs is 1. The highest BCUT2D eigenvalue weighted by atomic mass is 16.5. The SMILES string of the molecule is CCOC(=O)Cc1cc2ccccc2c(O)c1C(c1ccncc1)N1CCOCC1. The van der Waals surface area contributed by atoms with Gasteiger partial charge in [0.15, 0.2) is 0 Å². The van der Waals surface area contributed by atoms with Crippen LogP contribution in [0.2, 0.25) is 0 Å². The number of esters is 1. The summed E-state index contributed by atoms with van der Waals surface area (Å²) in [5.41, 5.74) is 2.54. The van der Waals surface area contributed by atoms with Crippen molar-refractivity contribution in [2.24, 2.45) is 0 Å². The number of rotatable bonds is 6. The number of nitrogens with zero attached hydrogens (tertiary/aromatic N) is 2. The van der Waals surface area contributed by atoms with Gasteiger partial charge < -0.3 is 14.6 Å². The van der Waals surface area contributed by atoms with Gasteiger partial charge in [0.2, 0.25) is 0 Å². The number of phenols is 1. The van der Waals surface area contributed by atoms with E-state index in [2.05, 4.69) is 9.88 Å². The van der Waals surface area contributed by atoms with Gasteiger partial charge in [-0.3, -0.25) is 14.7 Å². The maximum atomic E-state index is 12.4. The van der Waals surface area contributed by atoms with Crippen LogP contribution in [0.1, 0.15) is 29.7 Å². The van der Waals surface area contributed by atoms with Crippen LogP contribution in [0.5, 0.6) is 5.75 Å². The normalized spacial score (nSPS) is 15.8. The number of hydrogen-bond acceptors (Lipinski definition) is 6. The Balaban J connectivity index is 1.91. The molecule has 2 aromatic carbocycles. The molecule has 4 rings (SSSR count). The van der Waals surface area contributed by atoms with Gasteiger partial charge in [0, 0.05) is 36.4 Å². The minimum atomic E-state index is -0.302. The van der Waals surface area contributed by atoms with E-state index >= 15 is 0 Å². The second-order valence-electron chi connectivity index (χ2n) is 7.33. The Morgan fingerprint density at radius 3 is 2.67 bits per heavy atom. The lowest BCUT2D eigenvalue weighted by Crippen LogP contribution is -2.40. The highest BCUT2D eigenvalue weighted by Crippen LogP contribution is 2.41. The molecule has 1 atom stereocenters. The van der Waals surface area contributed by atoms with Crippen LogP contribution in [-0.4, -0.2) is 53.9 Å². The number of hydrogen-bond donors (Lipinski definition) is 1. The molecule has 1 aliphatic rings. The van der Waals surface area contributed by atoms with Crippen molar-refractivity contribution in [3.05, 3.63) is 71.5 Å². The van der Waals surface area contributed by atoms with E-state index in [0.717, 1.165) is 40.6 Å². The van der Waals surface area contributed by atoms with Crippen LogP contribution >= 0.6 is 0 Å². The van der Waals surface area contributed by atoms with Crippen molar-refractivity contribution in [3.63, 3.8) is 0 Å². The molecule has 2 heterocycles. The summed E-state index contributed by atoms with van der Waals surface area (Å²) in [6.07, 6.45) is 3.62. The van der Waals surface area contributed by atoms with Crippen molar-refractivity contribution >= 4 is 16.7 Å². The summed E-state index contributed by atoms with van der Waals surface area (Å²) in [5, 5.41) is 13.1. The molecule has 0 spiro atoms. The zero-order valence-electron chi connectivity index (χ0n) is 17.1. The summed E-state index contributed by atoms with van der Waals surface area (Å²) in [7, 11) is 0. The maximum absolute atomic E-state index is 12.4. The second-order valence-corrected chi connectivity index (χ2v) is 7.33. The van der Waals surface area contributed by atoms with E-state index in [9.17, 15) is 9.90 Å². The molecule has 6 heteroatoms. The van der Waals surface area contributed by atoms with Crippen LogP contribution in [0.3, 0.4) is 0 Å². The van der Waals surface area contributed by atoms with Gasteiger partial charge in [0.25, 0.3) is 0 Å². The van der Waals surface area contributed by atoms with Gasteiger partial charge in [-0.25, -0.2) is 0 Å². The molecule has 6 nitrogen and oxygen atoms in total. The van der Waals surface area contributed by atoms with E-state index in [1.807, 2.05) is 42.5 Å². The molecule has 0 aliphatic carbocycles. The highest BCUT2D eigenvalue weighted by Gasteiger charge is 2.30. The largest absolute Gasteiger partial charge is 0.507 e. The minimum Gasteiger partial charge on any atom is -0.507 e. The van der Waals surface area contributed by atoms with Gasteiger partial charge >= 0.3 is 5.97 Å². The Kier molecular flexibility index (Phi) is 6.26. The van der Waals surface area contributed by atoms with Crippen LogP contribution in [0.4, 0.5) is 0 Å². The minimum absolute atomic E-state index is 0.105. The molecule has 0 saturated carbocycles. The monoisotopic (exact) mass is 406 g/mol. The summed E-state index contributed by atoms with van der Waals surface area (Å²) in [5.74, 6) is -0.0930. The zero-order valence-corrected chi connectivity index (χ0v) is 17.1. The molecule has 1 aliphatic heterocycles. The summed E-state index contributed by atoms with van der Waals surface area (Å²) >= 11 is 0. The van der Waals surface area contributed by atoms with Crippen molar-refractivity contribution in [1.29, 1.82) is 0 Å². The molecule has 1 aromatic heterocycles. The second kappa shape index (κ2) is 9.24. The van der Waals surface area contributed by atoms with Gasteiger partial charge in [-0.2, -0.15) is 0 Å². The number of carbonyl (C=O) groups excluding carboxylic acids is 1. The zero-order chi connectivity index (χ0) is 20.9. The number of aromatic hydroxyl groups is 1.